The van der Waals surface area contributed by atoms with Crippen LogP contribution in [0.15, 0.2) is 132 Å². The number of rotatable bonds is 9. The fourth-order valence-corrected chi connectivity index (χ4v) is 12.1. The monoisotopic (exact) mass is 1100 g/mol. The number of furan rings is 1. The van der Waals surface area contributed by atoms with Crippen LogP contribution in [0.4, 0.5) is 0 Å². The molecule has 0 atom stereocenters. The summed E-state index contributed by atoms with van der Waals surface area (Å²) in [6.07, 6.45) is 11.4. The molecule has 1 radical (unpaired) electrons. The molecule has 11 rings (SSSR count). The van der Waals surface area contributed by atoms with Gasteiger partial charge in [-0.2, -0.15) is 0 Å². The van der Waals surface area contributed by atoms with E-state index in [4.69, 9.17) is 24.4 Å². The van der Waals surface area contributed by atoms with Crippen molar-refractivity contribution in [3.05, 3.63) is 168 Å². The van der Waals surface area contributed by atoms with E-state index < -0.39 is 8.07 Å². The van der Waals surface area contributed by atoms with Crippen LogP contribution in [-0.4, -0.2) is 32.6 Å². The van der Waals surface area contributed by atoms with Gasteiger partial charge in [0.05, 0.1) is 36.0 Å². The standard InChI is InChI=1S/C40H33N4O.C21H28NSi.Ir/c1-23(2)20-29-15-17-31-30-12-9-13-33(38(30)45-40(31)42-29)39-43-35-19-18-34-32(16-14-26(5)41-34)37(35)44(39)36-24(3)21-28(22-25(36)4)27-10-7-6-8-11-27;1-23(2,3)21-16-22-20(18-12-8-5-9-13-18)15-19(21)14-17-10-6-4-7-11-17;/h6-12,14-19,21-23H,20H2,1-5H3;5,8-9,12,15-17H,4,6-7,10-11,14H2,1-3H3;/q2*-1;. The van der Waals surface area contributed by atoms with Gasteiger partial charge >= 0.3 is 0 Å². The van der Waals surface area contributed by atoms with Gasteiger partial charge < -0.3 is 14.0 Å². The summed E-state index contributed by atoms with van der Waals surface area (Å²) < 4.78 is 8.88. The third-order valence-electron chi connectivity index (χ3n) is 13.7. The van der Waals surface area contributed by atoms with Crippen molar-refractivity contribution in [2.75, 3.05) is 0 Å². The minimum absolute atomic E-state index is 0. The molecule has 0 N–H and O–H groups in total. The van der Waals surface area contributed by atoms with Gasteiger partial charge in [-0.3, -0.25) is 9.97 Å². The Bertz CT molecular complexity index is 3410. The number of hydrogen-bond acceptors (Lipinski definition) is 5. The smallest absolute Gasteiger partial charge is 0.216 e. The van der Waals surface area contributed by atoms with Crippen LogP contribution in [0.3, 0.4) is 0 Å². The molecule has 0 saturated heterocycles. The SMILES string of the molecule is C[Si](C)(C)c1cnc(-c2[c-]cccc2)cc1CC1CCCCC1.Cc1ccc2c(ccc3nc(-c4[c-]ccc5c4oc4nc(CC(C)C)ccc45)n(-c4c(C)cc(-c5ccccc5)cc4C)c32)n1.[Ir]. The molecule has 0 amide bonds. The fraction of sp³-hybridized carbons (Fsp3) is 0.279. The van der Waals surface area contributed by atoms with Gasteiger partial charge in [0.1, 0.15) is 0 Å². The van der Waals surface area contributed by atoms with Crippen molar-refractivity contribution < 1.29 is 24.5 Å². The average Bonchev–Trinajstić information content (AvgIpc) is 3.90. The van der Waals surface area contributed by atoms with Crippen LogP contribution in [-0.2, 0) is 32.9 Å². The Kier molecular flexibility index (Phi) is 14.0. The Labute approximate surface area is 422 Å². The molecule has 6 nitrogen and oxygen atoms in total. The van der Waals surface area contributed by atoms with E-state index in [2.05, 4.69) is 173 Å². The summed E-state index contributed by atoms with van der Waals surface area (Å²) in [5, 5.41) is 4.61. The maximum Gasteiger partial charge on any atom is 0.216 e. The molecule has 1 aliphatic rings. The Balaban J connectivity index is 0.000000209. The Hall–Kier alpha value is -6.05. The Morgan fingerprint density at radius 1 is 0.710 bits per heavy atom. The van der Waals surface area contributed by atoms with E-state index in [1.165, 1.54) is 49.7 Å². The number of imidazole rings is 1. The molecule has 5 aromatic carbocycles. The number of hydrogen-bond donors (Lipinski definition) is 0. The van der Waals surface area contributed by atoms with Gasteiger partial charge in [-0.05, 0) is 127 Å². The van der Waals surface area contributed by atoms with E-state index in [1.54, 1.807) is 10.8 Å². The Morgan fingerprint density at radius 3 is 2.17 bits per heavy atom. The number of aryl methyl sites for hydroxylation is 3. The quantitative estimate of drug-likeness (QED) is 0.106. The van der Waals surface area contributed by atoms with Crippen LogP contribution < -0.4 is 5.19 Å². The van der Waals surface area contributed by atoms with Gasteiger partial charge in [0.25, 0.3) is 0 Å². The topological polar surface area (TPSA) is 69.6 Å². The van der Waals surface area contributed by atoms with Crippen molar-refractivity contribution in [3.8, 4) is 39.5 Å². The second-order valence-electron chi connectivity index (χ2n) is 20.5. The van der Waals surface area contributed by atoms with E-state index in [0.717, 1.165) is 101 Å². The van der Waals surface area contributed by atoms with Crippen molar-refractivity contribution >= 4 is 57.3 Å². The van der Waals surface area contributed by atoms with Crippen LogP contribution in [0.2, 0.25) is 19.6 Å². The minimum atomic E-state index is -1.36. The molecule has 10 aromatic rings. The first-order chi connectivity index (χ1) is 32.9. The molecule has 351 valence electrons. The molecule has 5 heterocycles. The first-order valence-corrected chi connectivity index (χ1v) is 28.0. The molecular formula is C61H61IrN5OSi-2. The summed E-state index contributed by atoms with van der Waals surface area (Å²) in [6.45, 7) is 18.1. The molecule has 0 aliphatic heterocycles. The van der Waals surface area contributed by atoms with Crippen LogP contribution in [0.1, 0.15) is 74.0 Å². The van der Waals surface area contributed by atoms with E-state index in [1.807, 2.05) is 25.1 Å². The molecule has 1 saturated carbocycles. The molecule has 1 fully saturated rings. The van der Waals surface area contributed by atoms with E-state index in [0.29, 0.717) is 11.6 Å². The van der Waals surface area contributed by atoms with E-state index >= 15 is 0 Å². The first-order valence-electron chi connectivity index (χ1n) is 24.5. The summed E-state index contributed by atoms with van der Waals surface area (Å²) in [4.78, 5) is 19.9. The minimum Gasteiger partial charge on any atom is -0.486 e. The molecule has 1 aliphatic carbocycles. The normalized spacial score (nSPS) is 13.3. The van der Waals surface area contributed by atoms with Crippen LogP contribution in [0.25, 0.3) is 83.5 Å². The predicted octanol–water partition coefficient (Wildman–Crippen LogP) is 15.3. The van der Waals surface area contributed by atoms with E-state index in [-0.39, 0.29) is 20.1 Å². The van der Waals surface area contributed by atoms with Gasteiger partial charge in [-0.1, -0.05) is 119 Å². The van der Waals surface area contributed by atoms with Crippen molar-refractivity contribution in [2.45, 2.75) is 99.2 Å². The number of nitrogens with zero attached hydrogens (tertiary/aromatic N) is 5. The van der Waals surface area contributed by atoms with E-state index in [9.17, 15) is 0 Å². The molecule has 8 heteroatoms. The van der Waals surface area contributed by atoms with Crippen molar-refractivity contribution in [2.24, 2.45) is 11.8 Å². The fourth-order valence-electron chi connectivity index (χ4n) is 10.5. The zero-order valence-electron chi connectivity index (χ0n) is 41.2. The molecule has 0 unspecified atom stereocenters. The number of aromatic nitrogens is 5. The largest absolute Gasteiger partial charge is 0.486 e. The molecule has 5 aromatic heterocycles. The van der Waals surface area contributed by atoms with Crippen molar-refractivity contribution in [1.82, 2.24) is 24.5 Å². The van der Waals surface area contributed by atoms with Crippen LogP contribution >= 0.6 is 0 Å². The van der Waals surface area contributed by atoms with Crippen LogP contribution in [0.5, 0.6) is 0 Å². The van der Waals surface area contributed by atoms with Crippen LogP contribution in [0, 0.1) is 44.7 Å². The second-order valence-corrected chi connectivity index (χ2v) is 25.5. The number of benzene rings is 5. The zero-order valence-corrected chi connectivity index (χ0v) is 44.6. The van der Waals surface area contributed by atoms with Crippen molar-refractivity contribution in [1.29, 1.82) is 0 Å². The maximum atomic E-state index is 6.58. The molecular weight excluding hydrogens is 1040 g/mol. The summed E-state index contributed by atoms with van der Waals surface area (Å²) >= 11 is 0. The third kappa shape index (κ3) is 9.90. The number of pyridine rings is 3. The maximum absolute atomic E-state index is 6.58. The summed E-state index contributed by atoms with van der Waals surface area (Å²) in [6, 6.07) is 49.1. The number of fused-ring (bicyclic) bond motifs is 6. The van der Waals surface area contributed by atoms with Gasteiger partial charge in [-0.25, -0.2) is 4.98 Å². The Morgan fingerprint density at radius 2 is 1.45 bits per heavy atom. The second kappa shape index (κ2) is 20.1. The third-order valence-corrected chi connectivity index (χ3v) is 15.7. The van der Waals surface area contributed by atoms with Crippen molar-refractivity contribution in [3.63, 3.8) is 0 Å². The average molecular weight is 1100 g/mol. The molecule has 0 spiro atoms. The zero-order chi connectivity index (χ0) is 47.1. The summed E-state index contributed by atoms with van der Waals surface area (Å²) in [5.74, 6) is 2.16. The van der Waals surface area contributed by atoms with Gasteiger partial charge in [0.15, 0.2) is 0 Å². The summed E-state index contributed by atoms with van der Waals surface area (Å²) in [7, 11) is -1.36. The van der Waals surface area contributed by atoms with Gasteiger partial charge in [0.2, 0.25) is 5.71 Å². The van der Waals surface area contributed by atoms with Gasteiger partial charge in [-0.15, -0.1) is 54.1 Å². The summed E-state index contributed by atoms with van der Waals surface area (Å²) in [5.41, 5.74) is 16.6. The predicted molar refractivity (Wildman–Crippen MR) is 286 cm³/mol. The molecule has 69 heavy (non-hydrogen) atoms. The first kappa shape index (κ1) is 48.0. The molecule has 0 bridgehead atoms. The van der Waals surface area contributed by atoms with Gasteiger partial charge in [0, 0.05) is 54.1 Å².